The summed E-state index contributed by atoms with van der Waals surface area (Å²) in [6.07, 6.45) is 4.48. The Morgan fingerprint density at radius 3 is 3.00 bits per heavy atom. The molecule has 100 valence electrons. The molecule has 0 amide bonds. The molecule has 1 N–H and O–H groups in total. The van der Waals surface area contributed by atoms with Crippen LogP contribution < -0.4 is 10.1 Å². The van der Waals surface area contributed by atoms with Crippen LogP contribution in [0.4, 0.5) is 0 Å². The lowest BCUT2D eigenvalue weighted by Crippen LogP contribution is -2.36. The van der Waals surface area contributed by atoms with E-state index < -0.39 is 0 Å². The Kier molecular flexibility index (Phi) is 3.65. The van der Waals surface area contributed by atoms with Gasteiger partial charge in [0, 0.05) is 17.6 Å². The minimum absolute atomic E-state index is 0.483. The molecule has 0 saturated heterocycles. The predicted octanol–water partition coefficient (Wildman–Crippen LogP) is 3.00. The van der Waals surface area contributed by atoms with Crippen molar-refractivity contribution in [1.29, 1.82) is 0 Å². The van der Waals surface area contributed by atoms with Crippen molar-refractivity contribution in [2.24, 2.45) is 5.92 Å². The van der Waals surface area contributed by atoms with Crippen LogP contribution >= 0.6 is 0 Å². The molecule has 1 aromatic heterocycles. The van der Waals surface area contributed by atoms with Gasteiger partial charge in [-0.25, -0.2) is 0 Å². The monoisotopic (exact) mass is 256 g/mol. The third kappa shape index (κ3) is 2.87. The van der Waals surface area contributed by atoms with Gasteiger partial charge in [-0.05, 0) is 49.6 Å². The second kappa shape index (κ2) is 5.57. The number of benzene rings is 1. The van der Waals surface area contributed by atoms with Gasteiger partial charge in [-0.2, -0.15) is 0 Å². The molecular weight excluding hydrogens is 236 g/mol. The third-order valence-electron chi connectivity index (χ3n) is 3.68. The van der Waals surface area contributed by atoms with Crippen molar-refractivity contribution in [1.82, 2.24) is 10.3 Å². The van der Waals surface area contributed by atoms with E-state index in [1.54, 1.807) is 0 Å². The fourth-order valence-electron chi connectivity index (χ4n) is 2.50. The summed E-state index contributed by atoms with van der Waals surface area (Å²) in [5.74, 6) is 1.74. The van der Waals surface area contributed by atoms with Gasteiger partial charge in [0.25, 0.3) is 0 Å². The molecule has 0 spiro atoms. The third-order valence-corrected chi connectivity index (χ3v) is 3.68. The Morgan fingerprint density at radius 1 is 1.32 bits per heavy atom. The van der Waals surface area contributed by atoms with E-state index >= 15 is 0 Å². The lowest BCUT2D eigenvalue weighted by atomic mass is 10.2. The molecule has 0 aliphatic heterocycles. The van der Waals surface area contributed by atoms with Crippen molar-refractivity contribution in [3.8, 4) is 5.75 Å². The molecule has 1 atom stereocenters. The number of aromatic nitrogens is 1. The molecule has 3 heteroatoms. The number of rotatable bonds is 6. The van der Waals surface area contributed by atoms with Crippen LogP contribution in [0.3, 0.4) is 0 Å². The molecule has 19 heavy (non-hydrogen) atoms. The van der Waals surface area contributed by atoms with E-state index in [1.807, 2.05) is 30.5 Å². The van der Waals surface area contributed by atoms with Gasteiger partial charge in [-0.3, -0.25) is 4.98 Å². The average molecular weight is 256 g/mol. The smallest absolute Gasteiger partial charge is 0.128 e. The van der Waals surface area contributed by atoms with Crippen LogP contribution in [0.1, 0.15) is 19.8 Å². The Labute approximate surface area is 114 Å². The van der Waals surface area contributed by atoms with Crippen molar-refractivity contribution in [2.75, 3.05) is 13.2 Å². The van der Waals surface area contributed by atoms with Crippen molar-refractivity contribution in [3.63, 3.8) is 0 Å². The Balaban J connectivity index is 1.74. The summed E-state index contributed by atoms with van der Waals surface area (Å²) in [5, 5.41) is 4.62. The summed E-state index contributed by atoms with van der Waals surface area (Å²) in [6, 6.07) is 10.6. The molecule has 1 aliphatic rings. The van der Waals surface area contributed by atoms with E-state index in [0.29, 0.717) is 6.04 Å². The Bertz CT molecular complexity index is 546. The molecule has 0 radical (unpaired) electrons. The average Bonchev–Trinajstić information content (AvgIpc) is 3.28. The quantitative estimate of drug-likeness (QED) is 0.862. The Morgan fingerprint density at radius 2 is 2.21 bits per heavy atom. The van der Waals surface area contributed by atoms with Crippen LogP contribution in [0, 0.1) is 5.92 Å². The minimum atomic E-state index is 0.483. The summed E-state index contributed by atoms with van der Waals surface area (Å²) in [6.45, 7) is 3.89. The normalized spacial score (nSPS) is 16.5. The van der Waals surface area contributed by atoms with Gasteiger partial charge < -0.3 is 10.1 Å². The Hall–Kier alpha value is -1.61. The van der Waals surface area contributed by atoms with Crippen LogP contribution in [0.5, 0.6) is 5.75 Å². The number of hydrogen-bond acceptors (Lipinski definition) is 3. The summed E-state index contributed by atoms with van der Waals surface area (Å²) < 4.78 is 6.03. The fourth-order valence-corrected chi connectivity index (χ4v) is 2.50. The second-order valence-corrected chi connectivity index (χ2v) is 5.14. The van der Waals surface area contributed by atoms with E-state index in [9.17, 15) is 0 Å². The molecule has 3 nitrogen and oxygen atoms in total. The van der Waals surface area contributed by atoms with Crippen molar-refractivity contribution < 1.29 is 4.74 Å². The molecule has 1 heterocycles. The highest BCUT2D eigenvalue weighted by molar-refractivity contribution is 5.84. The van der Waals surface area contributed by atoms with Crippen LogP contribution in [0.2, 0.25) is 0 Å². The van der Waals surface area contributed by atoms with Crippen LogP contribution in [0.25, 0.3) is 10.9 Å². The first-order valence-corrected chi connectivity index (χ1v) is 7.08. The summed E-state index contributed by atoms with van der Waals surface area (Å²) >= 11 is 0. The van der Waals surface area contributed by atoms with Crippen LogP contribution in [0.15, 0.2) is 36.5 Å². The first kappa shape index (κ1) is 12.4. The maximum absolute atomic E-state index is 6.03. The SMILES string of the molecule is CCNC(COc1cccc2ncccc12)C1CC1. The predicted molar refractivity (Wildman–Crippen MR) is 77.4 cm³/mol. The number of likely N-dealkylation sites (N-methyl/N-ethyl adjacent to an activating group) is 1. The molecule has 1 aromatic carbocycles. The number of pyridine rings is 1. The highest BCUT2D eigenvalue weighted by atomic mass is 16.5. The van der Waals surface area contributed by atoms with Gasteiger partial charge in [-0.1, -0.05) is 13.0 Å². The number of ether oxygens (including phenoxy) is 1. The first-order chi connectivity index (χ1) is 9.38. The van der Waals surface area contributed by atoms with E-state index in [1.165, 1.54) is 12.8 Å². The van der Waals surface area contributed by atoms with Gasteiger partial charge >= 0.3 is 0 Å². The maximum Gasteiger partial charge on any atom is 0.128 e. The van der Waals surface area contributed by atoms with Crippen LogP contribution in [-0.4, -0.2) is 24.2 Å². The molecular formula is C16H20N2O. The lowest BCUT2D eigenvalue weighted by molar-refractivity contribution is 0.253. The van der Waals surface area contributed by atoms with Gasteiger partial charge in [0.1, 0.15) is 12.4 Å². The number of fused-ring (bicyclic) bond motifs is 1. The van der Waals surface area contributed by atoms with Gasteiger partial charge in [0.2, 0.25) is 0 Å². The zero-order chi connectivity index (χ0) is 13.1. The molecule has 3 rings (SSSR count). The largest absolute Gasteiger partial charge is 0.491 e. The van der Waals surface area contributed by atoms with Gasteiger partial charge in [-0.15, -0.1) is 0 Å². The fraction of sp³-hybridized carbons (Fsp3) is 0.438. The standard InChI is InChI=1S/C16H20N2O/c1-2-17-15(12-8-9-12)11-19-16-7-3-6-14-13(16)5-4-10-18-14/h3-7,10,12,15,17H,2,8-9,11H2,1H3. The molecule has 1 fully saturated rings. The second-order valence-electron chi connectivity index (χ2n) is 5.14. The lowest BCUT2D eigenvalue weighted by Gasteiger charge is -2.18. The molecule has 0 bridgehead atoms. The van der Waals surface area contributed by atoms with Crippen molar-refractivity contribution in [3.05, 3.63) is 36.5 Å². The van der Waals surface area contributed by atoms with Gasteiger partial charge in [0.05, 0.1) is 5.52 Å². The number of nitrogens with one attached hydrogen (secondary N) is 1. The molecule has 1 unspecified atom stereocenters. The van der Waals surface area contributed by atoms with Gasteiger partial charge in [0.15, 0.2) is 0 Å². The highest BCUT2D eigenvalue weighted by Crippen LogP contribution is 2.33. The number of hydrogen-bond donors (Lipinski definition) is 1. The van der Waals surface area contributed by atoms with Crippen LogP contribution in [-0.2, 0) is 0 Å². The summed E-state index contributed by atoms with van der Waals surface area (Å²) in [7, 11) is 0. The molecule has 1 saturated carbocycles. The van der Waals surface area contributed by atoms with Crippen molar-refractivity contribution in [2.45, 2.75) is 25.8 Å². The van der Waals surface area contributed by atoms with E-state index in [-0.39, 0.29) is 0 Å². The summed E-state index contributed by atoms with van der Waals surface area (Å²) in [5.41, 5.74) is 0.992. The van der Waals surface area contributed by atoms with E-state index in [4.69, 9.17) is 4.74 Å². The van der Waals surface area contributed by atoms with E-state index in [0.717, 1.165) is 35.7 Å². The summed E-state index contributed by atoms with van der Waals surface area (Å²) in [4.78, 5) is 4.36. The maximum atomic E-state index is 6.03. The topological polar surface area (TPSA) is 34.1 Å². The highest BCUT2D eigenvalue weighted by Gasteiger charge is 2.31. The molecule has 1 aliphatic carbocycles. The zero-order valence-corrected chi connectivity index (χ0v) is 11.3. The number of nitrogens with zero attached hydrogens (tertiary/aromatic N) is 1. The van der Waals surface area contributed by atoms with Crippen molar-refractivity contribution >= 4 is 10.9 Å². The first-order valence-electron chi connectivity index (χ1n) is 7.08. The minimum Gasteiger partial charge on any atom is -0.491 e. The zero-order valence-electron chi connectivity index (χ0n) is 11.3. The van der Waals surface area contributed by atoms with E-state index in [2.05, 4.69) is 23.3 Å². The molecule has 2 aromatic rings.